The zero-order valence-corrected chi connectivity index (χ0v) is 15.7. The third-order valence-electron chi connectivity index (χ3n) is 4.99. The minimum absolute atomic E-state index is 0.0224. The normalized spacial score (nSPS) is 15.4. The third kappa shape index (κ3) is 4.25. The Bertz CT molecular complexity index is 735. The summed E-state index contributed by atoms with van der Waals surface area (Å²) in [6.45, 7) is 0.607. The summed E-state index contributed by atoms with van der Waals surface area (Å²) < 4.78 is 5.07. The van der Waals surface area contributed by atoms with Gasteiger partial charge in [-0.05, 0) is 48.6 Å². The van der Waals surface area contributed by atoms with Crippen molar-refractivity contribution >= 4 is 23.2 Å². The second-order valence-electron chi connectivity index (χ2n) is 6.65. The highest BCUT2D eigenvalue weighted by atomic mass is 32.1. The Morgan fingerprint density at radius 1 is 1.12 bits per heavy atom. The smallest absolute Gasteiger partial charge is 0.251 e. The summed E-state index contributed by atoms with van der Waals surface area (Å²) in [5, 5.41) is 7.77. The Hall–Kier alpha value is -2.34. The number of amides is 2. The standard InChI is InChI=1S/C20H24N2O3S/c1-25-16-8-6-15(7-9-16)19(24)21-13-18(23)22-14-20(10-2-3-11-20)17-5-4-12-26-17/h4-9,12H,2-3,10-11,13-14H2,1H3,(H,21,24)(H,22,23). The number of methoxy groups -OCH3 is 1. The molecule has 1 aromatic heterocycles. The van der Waals surface area contributed by atoms with Crippen LogP contribution in [0.15, 0.2) is 41.8 Å². The first-order chi connectivity index (χ1) is 12.6. The van der Waals surface area contributed by atoms with E-state index in [1.807, 2.05) is 0 Å². The minimum Gasteiger partial charge on any atom is -0.497 e. The van der Waals surface area contributed by atoms with Crippen molar-refractivity contribution in [2.75, 3.05) is 20.2 Å². The molecule has 1 aliphatic rings. The maximum Gasteiger partial charge on any atom is 0.251 e. The maximum atomic E-state index is 12.2. The van der Waals surface area contributed by atoms with Gasteiger partial charge in [0.25, 0.3) is 5.91 Å². The minimum atomic E-state index is -0.267. The highest BCUT2D eigenvalue weighted by Crippen LogP contribution is 2.42. The number of carbonyl (C=O) groups excluding carboxylic acids is 2. The first-order valence-electron chi connectivity index (χ1n) is 8.86. The summed E-state index contributed by atoms with van der Waals surface area (Å²) in [5.74, 6) is 0.265. The van der Waals surface area contributed by atoms with Crippen molar-refractivity contribution in [3.05, 3.63) is 52.2 Å². The van der Waals surface area contributed by atoms with Crippen LogP contribution >= 0.6 is 11.3 Å². The van der Waals surface area contributed by atoms with E-state index in [1.54, 1.807) is 42.7 Å². The molecule has 1 aromatic carbocycles. The lowest BCUT2D eigenvalue weighted by Gasteiger charge is -2.28. The molecule has 0 atom stereocenters. The summed E-state index contributed by atoms with van der Waals surface area (Å²) in [6, 6.07) is 11.0. The molecule has 2 N–H and O–H groups in total. The largest absolute Gasteiger partial charge is 0.497 e. The fraction of sp³-hybridized carbons (Fsp3) is 0.400. The van der Waals surface area contributed by atoms with Gasteiger partial charge < -0.3 is 15.4 Å². The summed E-state index contributed by atoms with van der Waals surface area (Å²) >= 11 is 1.76. The van der Waals surface area contributed by atoms with Gasteiger partial charge >= 0.3 is 0 Å². The van der Waals surface area contributed by atoms with Gasteiger partial charge in [0.15, 0.2) is 0 Å². The summed E-state index contributed by atoms with van der Waals surface area (Å²) in [6.07, 6.45) is 4.60. The number of hydrogen-bond donors (Lipinski definition) is 2. The van der Waals surface area contributed by atoms with E-state index < -0.39 is 0 Å². The van der Waals surface area contributed by atoms with Crippen LogP contribution in [0.3, 0.4) is 0 Å². The lowest BCUT2D eigenvalue weighted by molar-refractivity contribution is -0.120. The molecular formula is C20H24N2O3S. The van der Waals surface area contributed by atoms with Gasteiger partial charge in [-0.1, -0.05) is 18.9 Å². The molecule has 5 nitrogen and oxygen atoms in total. The molecule has 138 valence electrons. The third-order valence-corrected chi connectivity index (χ3v) is 6.11. The average Bonchev–Trinajstić information content (AvgIpc) is 3.37. The van der Waals surface area contributed by atoms with Gasteiger partial charge in [0.1, 0.15) is 5.75 Å². The molecule has 2 amide bonds. The summed E-state index contributed by atoms with van der Waals surface area (Å²) in [5.41, 5.74) is 0.563. The van der Waals surface area contributed by atoms with Gasteiger partial charge in [-0.3, -0.25) is 9.59 Å². The van der Waals surface area contributed by atoms with Gasteiger partial charge in [-0.15, -0.1) is 11.3 Å². The van der Waals surface area contributed by atoms with Crippen LogP contribution < -0.4 is 15.4 Å². The van der Waals surface area contributed by atoms with Gasteiger partial charge in [0, 0.05) is 22.4 Å². The van der Waals surface area contributed by atoms with Crippen LogP contribution in [0.1, 0.15) is 40.9 Å². The van der Waals surface area contributed by atoms with Crippen LogP contribution in [0.5, 0.6) is 5.75 Å². The van der Waals surface area contributed by atoms with E-state index in [9.17, 15) is 9.59 Å². The number of thiophene rings is 1. The van der Waals surface area contributed by atoms with Crippen LogP contribution in [0.2, 0.25) is 0 Å². The molecule has 1 aliphatic carbocycles. The SMILES string of the molecule is COc1ccc(C(=O)NCC(=O)NCC2(c3cccs3)CCCC2)cc1. The van der Waals surface area contributed by atoms with Crippen molar-refractivity contribution in [2.45, 2.75) is 31.1 Å². The highest BCUT2D eigenvalue weighted by Gasteiger charge is 2.36. The first-order valence-corrected chi connectivity index (χ1v) is 9.74. The molecule has 1 saturated carbocycles. The second kappa shape index (κ2) is 8.36. The van der Waals surface area contributed by atoms with E-state index in [-0.39, 0.29) is 23.8 Å². The van der Waals surface area contributed by atoms with Gasteiger partial charge in [-0.25, -0.2) is 0 Å². The molecule has 0 spiro atoms. The van der Waals surface area contributed by atoms with Gasteiger partial charge in [0.2, 0.25) is 5.91 Å². The molecule has 2 aromatic rings. The number of ether oxygens (including phenoxy) is 1. The fourth-order valence-electron chi connectivity index (χ4n) is 3.48. The van der Waals surface area contributed by atoms with Crippen LogP contribution in [0.4, 0.5) is 0 Å². The Kier molecular flexibility index (Phi) is 5.93. The van der Waals surface area contributed by atoms with E-state index in [2.05, 4.69) is 28.1 Å². The molecule has 3 rings (SSSR count). The van der Waals surface area contributed by atoms with Crippen LogP contribution in [-0.4, -0.2) is 32.0 Å². The zero-order chi connectivity index (χ0) is 18.4. The predicted octanol–water partition coefficient (Wildman–Crippen LogP) is 3.11. The average molecular weight is 372 g/mol. The van der Waals surface area contributed by atoms with Crippen molar-refractivity contribution in [1.82, 2.24) is 10.6 Å². The van der Waals surface area contributed by atoms with E-state index in [4.69, 9.17) is 4.74 Å². The van der Waals surface area contributed by atoms with Crippen LogP contribution in [0.25, 0.3) is 0 Å². The van der Waals surface area contributed by atoms with Crippen molar-refractivity contribution in [3.63, 3.8) is 0 Å². The Balaban J connectivity index is 1.50. The number of nitrogens with one attached hydrogen (secondary N) is 2. The van der Waals surface area contributed by atoms with Crippen molar-refractivity contribution in [1.29, 1.82) is 0 Å². The topological polar surface area (TPSA) is 67.4 Å². The van der Waals surface area contributed by atoms with Gasteiger partial charge in [-0.2, -0.15) is 0 Å². The first kappa shape index (κ1) is 18.5. The molecule has 0 radical (unpaired) electrons. The maximum absolute atomic E-state index is 12.2. The van der Waals surface area contributed by atoms with Crippen molar-refractivity contribution in [3.8, 4) is 5.75 Å². The number of hydrogen-bond acceptors (Lipinski definition) is 4. The fourth-order valence-corrected chi connectivity index (χ4v) is 4.46. The molecule has 0 unspecified atom stereocenters. The van der Waals surface area contributed by atoms with E-state index in [0.29, 0.717) is 17.9 Å². The molecule has 0 saturated heterocycles. The number of rotatable bonds is 7. The molecule has 0 bridgehead atoms. The Labute approximate surface area is 157 Å². The molecule has 6 heteroatoms. The highest BCUT2D eigenvalue weighted by molar-refractivity contribution is 7.10. The summed E-state index contributed by atoms with van der Waals surface area (Å²) in [4.78, 5) is 25.7. The van der Waals surface area contributed by atoms with E-state index >= 15 is 0 Å². The monoisotopic (exact) mass is 372 g/mol. The zero-order valence-electron chi connectivity index (χ0n) is 14.9. The number of carbonyl (C=O) groups is 2. The Morgan fingerprint density at radius 3 is 2.46 bits per heavy atom. The second-order valence-corrected chi connectivity index (χ2v) is 7.60. The van der Waals surface area contributed by atoms with E-state index in [1.165, 1.54) is 17.7 Å². The molecule has 1 heterocycles. The van der Waals surface area contributed by atoms with Crippen molar-refractivity contribution < 1.29 is 14.3 Å². The van der Waals surface area contributed by atoms with Crippen LogP contribution in [0, 0.1) is 0 Å². The quantitative estimate of drug-likeness (QED) is 0.785. The molecule has 0 aliphatic heterocycles. The Morgan fingerprint density at radius 2 is 1.85 bits per heavy atom. The molecule has 26 heavy (non-hydrogen) atoms. The van der Waals surface area contributed by atoms with Crippen molar-refractivity contribution in [2.24, 2.45) is 0 Å². The van der Waals surface area contributed by atoms with Crippen LogP contribution in [-0.2, 0) is 10.2 Å². The lowest BCUT2D eigenvalue weighted by atomic mass is 9.84. The number of benzene rings is 1. The molecule has 1 fully saturated rings. The summed E-state index contributed by atoms with van der Waals surface area (Å²) in [7, 11) is 1.58. The van der Waals surface area contributed by atoms with Gasteiger partial charge in [0.05, 0.1) is 13.7 Å². The van der Waals surface area contributed by atoms with E-state index in [0.717, 1.165) is 12.8 Å². The molecular weight excluding hydrogens is 348 g/mol. The lowest BCUT2D eigenvalue weighted by Crippen LogP contribution is -2.43. The predicted molar refractivity (Wildman–Crippen MR) is 103 cm³/mol.